The van der Waals surface area contributed by atoms with Gasteiger partial charge in [-0.2, -0.15) is 26.3 Å². The van der Waals surface area contributed by atoms with Gasteiger partial charge in [0.2, 0.25) is 0 Å². The van der Waals surface area contributed by atoms with Crippen LogP contribution in [0.1, 0.15) is 103 Å². The Morgan fingerprint density at radius 2 is 0.960 bits per heavy atom. The molecule has 75 heavy (non-hydrogen) atoms. The van der Waals surface area contributed by atoms with Crippen LogP contribution in [0.2, 0.25) is 0 Å². The Hall–Kier alpha value is -6.22. The standard InChI is InChI=1S/C28H32F4N2O4.C27H30F4N2O4/c1-26(2,22-14-19(29)5-7-24(22)38-3)16-27(37,28(30,31)32)15-20-13-18-12-17(4-6-23(18)33-20)25(36)34-10-8-21(35)9-11-34;1-25(2,21-12-18(28)5-7-23(21)37-3)15-26(36,27(29,30)31)13-19-11-17-10-16(4-6-22(17)32-19)24(35)33-9-8-20(34)14-33/h4-7,12-14,21,33,35,37H,8-11,15-16H2,1-3H3;4-7,10-12,20,32,34,36H,8-9,13-15H2,1-3H3. The predicted octanol–water partition coefficient (Wildman–Crippen LogP) is 9.84. The first kappa shape index (κ1) is 56.5. The number of ether oxygens (including phenoxy) is 2. The van der Waals surface area contributed by atoms with Crippen molar-refractivity contribution in [2.45, 2.75) is 119 Å². The molecule has 2 aliphatic heterocycles. The van der Waals surface area contributed by atoms with Crippen molar-refractivity contribution in [3.63, 3.8) is 0 Å². The number of H-pyrrole nitrogens is 2. The number of β-amino-alcohol motifs (C(OH)–C–C–N with tert-alkyl or cyclic N) is 1. The van der Waals surface area contributed by atoms with Crippen molar-refractivity contribution in [3.8, 4) is 11.5 Å². The Balaban J connectivity index is 0.000000219. The highest BCUT2D eigenvalue weighted by molar-refractivity contribution is 5.99. The zero-order valence-corrected chi connectivity index (χ0v) is 42.4. The Morgan fingerprint density at radius 3 is 1.33 bits per heavy atom. The molecule has 2 amide bonds. The van der Waals surface area contributed by atoms with Gasteiger partial charge in [-0.05, 0) is 128 Å². The number of piperidine rings is 1. The lowest BCUT2D eigenvalue weighted by atomic mass is 9.73. The van der Waals surface area contributed by atoms with E-state index in [9.17, 15) is 65.1 Å². The maximum absolute atomic E-state index is 14.3. The van der Waals surface area contributed by atoms with Crippen LogP contribution in [-0.2, 0) is 23.7 Å². The number of aromatic nitrogens is 2. The first-order valence-electron chi connectivity index (χ1n) is 24.4. The molecule has 8 rings (SSSR count). The molecule has 0 bridgehead atoms. The van der Waals surface area contributed by atoms with Crippen LogP contribution in [0, 0.1) is 11.6 Å². The summed E-state index contributed by atoms with van der Waals surface area (Å²) in [6, 6.07) is 19.8. The second-order valence-electron chi connectivity index (χ2n) is 21.1. The zero-order chi connectivity index (χ0) is 55.1. The number of halogens is 8. The second-order valence-corrected chi connectivity index (χ2v) is 21.1. The van der Waals surface area contributed by atoms with Gasteiger partial charge in [0, 0.05) is 94.5 Å². The number of methoxy groups -OCH3 is 2. The minimum atomic E-state index is -4.99. The van der Waals surface area contributed by atoms with Crippen LogP contribution in [0.15, 0.2) is 84.9 Å². The van der Waals surface area contributed by atoms with Crippen molar-refractivity contribution in [3.05, 3.63) is 130 Å². The molecule has 0 spiro atoms. The summed E-state index contributed by atoms with van der Waals surface area (Å²) in [4.78, 5) is 34.7. The van der Waals surface area contributed by atoms with Gasteiger partial charge in [0.25, 0.3) is 11.8 Å². The third kappa shape index (κ3) is 12.6. The number of hydrogen-bond acceptors (Lipinski definition) is 8. The fraction of sp³-hybridized carbons (Fsp3) is 0.455. The van der Waals surface area contributed by atoms with Crippen LogP contribution in [0.4, 0.5) is 35.1 Å². The normalized spacial score (nSPS) is 17.7. The number of aromatic amines is 2. The number of nitrogens with zero attached hydrogens (tertiary/aromatic N) is 2. The molecule has 2 aromatic heterocycles. The third-order valence-corrected chi connectivity index (χ3v) is 14.3. The third-order valence-electron chi connectivity index (χ3n) is 14.3. The molecule has 406 valence electrons. The summed E-state index contributed by atoms with van der Waals surface area (Å²) in [5, 5.41) is 42.5. The van der Waals surface area contributed by atoms with Crippen LogP contribution in [0.5, 0.6) is 11.5 Å². The molecule has 6 aromatic rings. The second kappa shape index (κ2) is 21.4. The van der Waals surface area contributed by atoms with Gasteiger partial charge in [0.15, 0.2) is 11.2 Å². The van der Waals surface area contributed by atoms with Crippen LogP contribution in [0.25, 0.3) is 21.8 Å². The van der Waals surface area contributed by atoms with E-state index in [2.05, 4.69) is 9.97 Å². The van der Waals surface area contributed by atoms with Gasteiger partial charge in [-0.3, -0.25) is 9.59 Å². The molecule has 3 unspecified atom stereocenters. The highest BCUT2D eigenvalue weighted by atomic mass is 19.4. The maximum Gasteiger partial charge on any atom is 0.417 e. The fourth-order valence-corrected chi connectivity index (χ4v) is 10.4. The molecule has 0 aliphatic carbocycles. The summed E-state index contributed by atoms with van der Waals surface area (Å²) in [5.74, 6) is -1.26. The van der Waals surface area contributed by atoms with Crippen molar-refractivity contribution in [1.82, 2.24) is 19.8 Å². The Morgan fingerprint density at radius 1 is 0.573 bits per heavy atom. The van der Waals surface area contributed by atoms with Crippen molar-refractivity contribution in [1.29, 1.82) is 0 Å². The van der Waals surface area contributed by atoms with Gasteiger partial charge in [0.05, 0.1) is 26.4 Å². The quantitative estimate of drug-likeness (QED) is 0.0586. The lowest BCUT2D eigenvalue weighted by Crippen LogP contribution is -2.51. The average molecular weight is 1060 g/mol. The largest absolute Gasteiger partial charge is 0.496 e. The molecular weight excluding hydrogens is 997 g/mol. The summed E-state index contributed by atoms with van der Waals surface area (Å²) in [6.45, 7) is 7.54. The van der Waals surface area contributed by atoms with E-state index in [-0.39, 0.29) is 52.4 Å². The molecule has 20 heteroatoms. The van der Waals surface area contributed by atoms with E-state index in [0.29, 0.717) is 71.8 Å². The van der Waals surface area contributed by atoms with E-state index in [1.165, 1.54) is 71.1 Å². The van der Waals surface area contributed by atoms with Gasteiger partial charge in [-0.1, -0.05) is 27.7 Å². The molecule has 4 heterocycles. The number of nitrogens with one attached hydrogen (secondary N) is 2. The first-order valence-corrected chi connectivity index (χ1v) is 24.4. The molecule has 2 fully saturated rings. The van der Waals surface area contributed by atoms with E-state index in [0.717, 1.165) is 24.3 Å². The number of aliphatic hydroxyl groups is 4. The fourth-order valence-electron chi connectivity index (χ4n) is 10.4. The molecule has 2 aliphatic rings. The molecular formula is C55H62F8N4O8. The number of rotatable bonds is 14. The number of hydrogen-bond donors (Lipinski definition) is 6. The van der Waals surface area contributed by atoms with E-state index in [4.69, 9.17) is 9.47 Å². The zero-order valence-electron chi connectivity index (χ0n) is 42.4. The van der Waals surface area contributed by atoms with Gasteiger partial charge in [0.1, 0.15) is 23.1 Å². The summed E-state index contributed by atoms with van der Waals surface area (Å²) < 4.78 is 124. The summed E-state index contributed by atoms with van der Waals surface area (Å²) in [7, 11) is 2.69. The lowest BCUT2D eigenvalue weighted by molar-refractivity contribution is -0.266. The van der Waals surface area contributed by atoms with Crippen LogP contribution in [-0.4, -0.2) is 128 Å². The van der Waals surface area contributed by atoms with Crippen LogP contribution in [0.3, 0.4) is 0 Å². The highest BCUT2D eigenvalue weighted by Gasteiger charge is 2.57. The van der Waals surface area contributed by atoms with Crippen LogP contribution < -0.4 is 9.47 Å². The van der Waals surface area contributed by atoms with E-state index < -0.39 is 83.9 Å². The molecule has 0 saturated carbocycles. The van der Waals surface area contributed by atoms with Crippen molar-refractivity contribution in [2.24, 2.45) is 0 Å². The topological polar surface area (TPSA) is 172 Å². The molecule has 2 saturated heterocycles. The molecule has 3 atom stereocenters. The summed E-state index contributed by atoms with van der Waals surface area (Å²) in [6.07, 6.45) is -12.5. The number of amides is 2. The van der Waals surface area contributed by atoms with Crippen molar-refractivity contribution in [2.75, 3.05) is 40.4 Å². The number of alkyl halides is 6. The summed E-state index contributed by atoms with van der Waals surface area (Å²) in [5.41, 5.74) is -6.37. The smallest absolute Gasteiger partial charge is 0.417 e. The number of aliphatic hydroxyl groups excluding tert-OH is 2. The number of benzene rings is 4. The summed E-state index contributed by atoms with van der Waals surface area (Å²) >= 11 is 0. The van der Waals surface area contributed by atoms with Crippen molar-refractivity contribution >= 4 is 33.6 Å². The number of carbonyl (C=O) groups is 2. The van der Waals surface area contributed by atoms with E-state index in [1.54, 1.807) is 41.3 Å². The van der Waals surface area contributed by atoms with Crippen molar-refractivity contribution < 1.29 is 74.6 Å². The highest BCUT2D eigenvalue weighted by Crippen LogP contribution is 2.47. The van der Waals surface area contributed by atoms with Gasteiger partial charge < -0.3 is 49.7 Å². The Labute approximate surface area is 428 Å². The van der Waals surface area contributed by atoms with Crippen LogP contribution >= 0.6 is 0 Å². The van der Waals surface area contributed by atoms with Gasteiger partial charge >= 0.3 is 12.4 Å². The molecule has 0 radical (unpaired) electrons. The van der Waals surface area contributed by atoms with Gasteiger partial charge in [-0.25, -0.2) is 8.78 Å². The molecule has 4 aromatic carbocycles. The monoisotopic (exact) mass is 1060 g/mol. The van der Waals surface area contributed by atoms with E-state index >= 15 is 0 Å². The van der Waals surface area contributed by atoms with Gasteiger partial charge in [-0.15, -0.1) is 0 Å². The first-order chi connectivity index (χ1) is 34.9. The molecule has 12 nitrogen and oxygen atoms in total. The Kier molecular flexibility index (Phi) is 16.1. The number of fused-ring (bicyclic) bond motifs is 2. The minimum Gasteiger partial charge on any atom is -0.496 e. The SMILES string of the molecule is COc1ccc(F)cc1C(C)(C)CC(O)(Cc1cc2cc(C(=O)N3CCC(O)C3)ccc2[nH]1)C(F)(F)F.COc1ccc(F)cc1C(C)(C)CC(O)(Cc1cc2cc(C(=O)N3CCC(O)CC3)ccc2[nH]1)C(F)(F)F. The minimum absolute atomic E-state index is 0.137. The maximum atomic E-state index is 14.3. The molecule has 6 N–H and O–H groups in total. The lowest BCUT2D eigenvalue weighted by Gasteiger charge is -2.38. The average Bonchev–Trinajstić information content (AvgIpc) is 4.07. The Bertz CT molecular complexity index is 3020. The van der Waals surface area contributed by atoms with E-state index in [1.807, 2.05) is 0 Å². The number of carbonyl (C=O) groups excluding carboxylic acids is 2. The number of likely N-dealkylation sites (tertiary alicyclic amines) is 2. The predicted molar refractivity (Wildman–Crippen MR) is 265 cm³/mol.